The molecule has 0 spiro atoms. The van der Waals surface area contributed by atoms with Crippen LogP contribution in [0.4, 0.5) is 0 Å². The first kappa shape index (κ1) is 8.65. The average Bonchev–Trinajstić information content (AvgIpc) is 2.19. The predicted octanol–water partition coefficient (Wildman–Crippen LogP) is 1.51. The van der Waals surface area contributed by atoms with Crippen LogP contribution in [0.3, 0.4) is 0 Å². The Balaban J connectivity index is 2.98. The van der Waals surface area contributed by atoms with Crippen molar-refractivity contribution >= 4 is 12.6 Å². The minimum Gasteiger partial charge on any atom is -0.335 e. The number of aromatic nitrogens is 2. The zero-order valence-corrected chi connectivity index (χ0v) is 8.15. The number of nitrogens with zero attached hydrogens (tertiary/aromatic N) is 2. The molecule has 0 aliphatic rings. The van der Waals surface area contributed by atoms with Crippen molar-refractivity contribution in [3.63, 3.8) is 0 Å². The normalized spacial score (nSPS) is 10.5. The van der Waals surface area contributed by atoms with E-state index in [1.807, 2.05) is 14.0 Å². The number of rotatable bonds is 2. The Bertz CT molecular complexity index is 253. The monoisotopic (exact) mass is 170 g/mol. The lowest BCUT2D eigenvalue weighted by atomic mass is 10.4. The lowest BCUT2D eigenvalue weighted by molar-refractivity contribution is 0.789. The molecule has 11 heavy (non-hydrogen) atoms. The molecule has 1 aromatic heterocycles. The second-order valence-electron chi connectivity index (χ2n) is 2.73. The van der Waals surface area contributed by atoms with Crippen LogP contribution in [0, 0.1) is 13.8 Å². The molecule has 0 aliphatic heterocycles. The molecule has 0 amide bonds. The molecule has 0 saturated heterocycles. The Morgan fingerprint density at radius 1 is 1.45 bits per heavy atom. The molecule has 0 atom stereocenters. The van der Waals surface area contributed by atoms with Crippen LogP contribution in [0.5, 0.6) is 0 Å². The topological polar surface area (TPSA) is 17.8 Å². The second kappa shape index (κ2) is 3.30. The van der Waals surface area contributed by atoms with Crippen LogP contribution >= 0.6 is 12.6 Å². The number of thiol groups is 1. The Morgan fingerprint density at radius 2 is 2.09 bits per heavy atom. The van der Waals surface area contributed by atoms with Crippen LogP contribution in [0.15, 0.2) is 0 Å². The zero-order valence-electron chi connectivity index (χ0n) is 7.26. The average molecular weight is 170 g/mol. The molecule has 0 N–H and O–H groups in total. The summed E-state index contributed by atoms with van der Waals surface area (Å²) in [4.78, 5) is 4.41. The van der Waals surface area contributed by atoms with Gasteiger partial charge in [0.15, 0.2) is 0 Å². The largest absolute Gasteiger partial charge is 0.335 e. The van der Waals surface area contributed by atoms with Gasteiger partial charge in [-0.05, 0) is 19.6 Å². The molecule has 0 fully saturated rings. The van der Waals surface area contributed by atoms with Crippen LogP contribution in [0.1, 0.15) is 17.2 Å². The molecule has 1 rings (SSSR count). The SMILES string of the molecule is Cc1nc(CCS)n(C)c1C. The first-order valence-electron chi connectivity index (χ1n) is 3.76. The third kappa shape index (κ3) is 1.59. The van der Waals surface area contributed by atoms with Gasteiger partial charge in [-0.3, -0.25) is 0 Å². The van der Waals surface area contributed by atoms with Crippen molar-refractivity contribution < 1.29 is 0 Å². The third-order valence-electron chi connectivity index (χ3n) is 2.05. The summed E-state index contributed by atoms with van der Waals surface area (Å²) in [6.07, 6.45) is 0.953. The van der Waals surface area contributed by atoms with Crippen molar-refractivity contribution in [2.24, 2.45) is 7.05 Å². The molecule has 0 aromatic carbocycles. The maximum Gasteiger partial charge on any atom is 0.109 e. The van der Waals surface area contributed by atoms with Gasteiger partial charge in [0.1, 0.15) is 5.82 Å². The van der Waals surface area contributed by atoms with E-state index in [2.05, 4.69) is 29.1 Å². The van der Waals surface area contributed by atoms with E-state index in [9.17, 15) is 0 Å². The van der Waals surface area contributed by atoms with E-state index in [0.29, 0.717) is 0 Å². The molecular formula is C8H14N2S. The van der Waals surface area contributed by atoms with E-state index in [0.717, 1.165) is 23.7 Å². The van der Waals surface area contributed by atoms with Crippen LogP contribution < -0.4 is 0 Å². The van der Waals surface area contributed by atoms with Gasteiger partial charge in [0.05, 0.1) is 5.69 Å². The maximum atomic E-state index is 4.41. The minimum atomic E-state index is 0.865. The quantitative estimate of drug-likeness (QED) is 0.666. The second-order valence-corrected chi connectivity index (χ2v) is 3.18. The van der Waals surface area contributed by atoms with E-state index in [1.165, 1.54) is 5.69 Å². The summed E-state index contributed by atoms with van der Waals surface area (Å²) in [5, 5.41) is 0. The van der Waals surface area contributed by atoms with Gasteiger partial charge < -0.3 is 4.57 Å². The highest BCUT2D eigenvalue weighted by Crippen LogP contribution is 2.08. The highest BCUT2D eigenvalue weighted by Gasteiger charge is 2.05. The summed E-state index contributed by atoms with van der Waals surface area (Å²) in [6, 6.07) is 0. The maximum absolute atomic E-state index is 4.41. The number of aryl methyl sites for hydroxylation is 2. The minimum absolute atomic E-state index is 0.865. The van der Waals surface area contributed by atoms with Crippen molar-refractivity contribution in [3.05, 3.63) is 17.2 Å². The first-order chi connectivity index (χ1) is 5.16. The fourth-order valence-corrected chi connectivity index (χ4v) is 1.31. The van der Waals surface area contributed by atoms with Crippen molar-refractivity contribution in [2.45, 2.75) is 20.3 Å². The number of hydrogen-bond donors (Lipinski definition) is 1. The molecular weight excluding hydrogens is 156 g/mol. The molecule has 0 unspecified atom stereocenters. The van der Waals surface area contributed by atoms with Gasteiger partial charge in [-0.2, -0.15) is 12.6 Å². The standard InChI is InChI=1S/C8H14N2S/c1-6-7(2)10(3)8(9-6)4-5-11/h11H,4-5H2,1-3H3. The summed E-state index contributed by atoms with van der Waals surface area (Å²) in [5.74, 6) is 2.00. The Hall–Kier alpha value is -0.440. The van der Waals surface area contributed by atoms with Crippen molar-refractivity contribution in [2.75, 3.05) is 5.75 Å². The van der Waals surface area contributed by atoms with Gasteiger partial charge in [-0.1, -0.05) is 0 Å². The highest BCUT2D eigenvalue weighted by atomic mass is 32.1. The van der Waals surface area contributed by atoms with Gasteiger partial charge in [-0.25, -0.2) is 4.98 Å². The Kier molecular flexibility index (Phi) is 2.60. The van der Waals surface area contributed by atoms with Crippen LogP contribution in [-0.2, 0) is 13.5 Å². The molecule has 0 bridgehead atoms. The summed E-state index contributed by atoms with van der Waals surface area (Å²) >= 11 is 4.17. The van der Waals surface area contributed by atoms with Gasteiger partial charge in [-0.15, -0.1) is 0 Å². The summed E-state index contributed by atoms with van der Waals surface area (Å²) in [7, 11) is 2.05. The first-order valence-corrected chi connectivity index (χ1v) is 4.39. The molecule has 0 saturated carbocycles. The fraction of sp³-hybridized carbons (Fsp3) is 0.625. The molecule has 0 radical (unpaired) electrons. The highest BCUT2D eigenvalue weighted by molar-refractivity contribution is 7.80. The summed E-state index contributed by atoms with van der Waals surface area (Å²) in [6.45, 7) is 4.13. The van der Waals surface area contributed by atoms with Crippen molar-refractivity contribution in [1.29, 1.82) is 0 Å². The van der Waals surface area contributed by atoms with Gasteiger partial charge in [0.2, 0.25) is 0 Å². The number of imidazole rings is 1. The van der Waals surface area contributed by atoms with E-state index >= 15 is 0 Å². The zero-order chi connectivity index (χ0) is 8.43. The molecule has 62 valence electrons. The molecule has 1 aromatic rings. The van der Waals surface area contributed by atoms with E-state index in [4.69, 9.17) is 0 Å². The van der Waals surface area contributed by atoms with Gasteiger partial charge >= 0.3 is 0 Å². The Morgan fingerprint density at radius 3 is 2.45 bits per heavy atom. The smallest absolute Gasteiger partial charge is 0.109 e. The molecule has 2 nitrogen and oxygen atoms in total. The third-order valence-corrected chi connectivity index (χ3v) is 2.27. The van der Waals surface area contributed by atoms with Gasteiger partial charge in [0, 0.05) is 19.2 Å². The molecule has 1 heterocycles. The summed E-state index contributed by atoms with van der Waals surface area (Å²) < 4.78 is 2.13. The lowest BCUT2D eigenvalue weighted by Gasteiger charge is -1.99. The van der Waals surface area contributed by atoms with Crippen molar-refractivity contribution in [3.8, 4) is 0 Å². The van der Waals surface area contributed by atoms with E-state index in [1.54, 1.807) is 0 Å². The van der Waals surface area contributed by atoms with Crippen LogP contribution in [0.25, 0.3) is 0 Å². The summed E-state index contributed by atoms with van der Waals surface area (Å²) in [5.41, 5.74) is 2.38. The van der Waals surface area contributed by atoms with Crippen LogP contribution in [-0.4, -0.2) is 15.3 Å². The molecule has 0 aliphatic carbocycles. The van der Waals surface area contributed by atoms with Gasteiger partial charge in [0.25, 0.3) is 0 Å². The van der Waals surface area contributed by atoms with Crippen LogP contribution in [0.2, 0.25) is 0 Å². The van der Waals surface area contributed by atoms with Crippen molar-refractivity contribution in [1.82, 2.24) is 9.55 Å². The lowest BCUT2D eigenvalue weighted by Crippen LogP contribution is -1.99. The molecule has 3 heteroatoms. The predicted molar refractivity (Wildman–Crippen MR) is 50.2 cm³/mol. The number of hydrogen-bond acceptors (Lipinski definition) is 2. The van der Waals surface area contributed by atoms with E-state index < -0.39 is 0 Å². The Labute approximate surface area is 73.0 Å². The fourth-order valence-electron chi connectivity index (χ4n) is 1.11. The van der Waals surface area contributed by atoms with E-state index in [-0.39, 0.29) is 0 Å².